The van der Waals surface area contributed by atoms with Crippen molar-refractivity contribution in [1.29, 1.82) is 0 Å². The third-order valence-electron chi connectivity index (χ3n) is 2.55. The van der Waals surface area contributed by atoms with Crippen LogP contribution in [0.3, 0.4) is 0 Å². The summed E-state index contributed by atoms with van der Waals surface area (Å²) >= 11 is 0. The van der Waals surface area contributed by atoms with Crippen molar-refractivity contribution in [2.75, 3.05) is 0 Å². The second-order valence-electron chi connectivity index (χ2n) is 3.39. The molecule has 1 aromatic carbocycles. The van der Waals surface area contributed by atoms with Gasteiger partial charge in [-0.15, -0.1) is 0 Å². The van der Waals surface area contributed by atoms with Gasteiger partial charge < -0.3 is 17.0 Å². The summed E-state index contributed by atoms with van der Waals surface area (Å²) in [6, 6.07) is 6.84. The fourth-order valence-corrected chi connectivity index (χ4v) is 1.83. The van der Waals surface area contributed by atoms with Crippen LogP contribution in [0.25, 0.3) is 0 Å². The Morgan fingerprint density at radius 2 is 1.62 bits per heavy atom. The molecule has 1 aromatic heterocycles. The summed E-state index contributed by atoms with van der Waals surface area (Å²) in [7, 11) is 0. The van der Waals surface area contributed by atoms with Crippen LogP contribution in [0.2, 0.25) is 0 Å². The molecule has 80 valence electrons. The van der Waals surface area contributed by atoms with Gasteiger partial charge in [-0.3, -0.25) is 9.59 Å². The number of hydrogen-bond acceptors (Lipinski definition) is 2. The molecule has 0 bridgehead atoms. The van der Waals surface area contributed by atoms with Gasteiger partial charge in [0.1, 0.15) is 0 Å². The molecule has 0 fully saturated rings. The highest BCUT2D eigenvalue weighted by atomic mass is 79.9. The van der Waals surface area contributed by atoms with E-state index in [2.05, 4.69) is 9.97 Å². The monoisotopic (exact) mass is 278 g/mol. The number of imidazole rings is 1. The van der Waals surface area contributed by atoms with E-state index in [4.69, 9.17) is 0 Å². The quantitative estimate of drug-likeness (QED) is 0.499. The zero-order valence-electron chi connectivity index (χ0n) is 8.08. The minimum Gasteiger partial charge on any atom is -1.00 e. The van der Waals surface area contributed by atoms with E-state index < -0.39 is 0 Å². The summed E-state index contributed by atoms with van der Waals surface area (Å²) in [5.74, 6) is -0.275. The Kier molecular flexibility index (Phi) is 2.47. The lowest BCUT2D eigenvalue weighted by Crippen LogP contribution is -3.00. The van der Waals surface area contributed by atoms with Crippen molar-refractivity contribution in [3.63, 3.8) is 0 Å². The number of rotatable bonds is 0. The van der Waals surface area contributed by atoms with Gasteiger partial charge in [-0.05, 0) is 0 Å². The molecule has 1 aliphatic rings. The third kappa shape index (κ3) is 1.25. The number of hydrogen-bond donors (Lipinski definition) is 1. The first-order chi connectivity index (χ1) is 7.29. The van der Waals surface area contributed by atoms with E-state index in [-0.39, 0.29) is 28.5 Å². The van der Waals surface area contributed by atoms with Crippen LogP contribution < -0.4 is 22.0 Å². The zero-order valence-corrected chi connectivity index (χ0v) is 9.67. The molecule has 1 aliphatic carbocycles. The van der Waals surface area contributed by atoms with Crippen LogP contribution >= 0.6 is 0 Å². The maximum absolute atomic E-state index is 11.9. The van der Waals surface area contributed by atoms with Crippen LogP contribution in [0.1, 0.15) is 32.1 Å². The summed E-state index contributed by atoms with van der Waals surface area (Å²) in [5.41, 5.74) is 1.62. The normalized spacial score (nSPS) is 12.8. The Morgan fingerprint density at radius 3 is 2.31 bits per heavy atom. The molecule has 4 nitrogen and oxygen atoms in total. The Bertz CT molecular complexity index is 540. The Balaban J connectivity index is 0.000000963. The molecule has 1 heterocycles. The maximum atomic E-state index is 11.9. The highest BCUT2D eigenvalue weighted by Crippen LogP contribution is 2.22. The lowest BCUT2D eigenvalue weighted by Gasteiger charge is -2.09. The maximum Gasteiger partial charge on any atom is 0.240 e. The van der Waals surface area contributed by atoms with Crippen molar-refractivity contribution in [3.8, 4) is 0 Å². The summed E-state index contributed by atoms with van der Waals surface area (Å²) in [6.45, 7) is 0. The number of halogens is 1. The van der Waals surface area contributed by atoms with E-state index in [0.29, 0.717) is 22.5 Å². The SMILES string of the molecule is O=C1c2ccccc2C(=O)c2[nH+]c[nH]c21.[Br-]. The van der Waals surface area contributed by atoms with Gasteiger partial charge in [-0.1, -0.05) is 24.3 Å². The molecule has 5 heteroatoms. The number of nitrogens with one attached hydrogen (secondary N) is 2. The molecular weight excluding hydrogens is 272 g/mol. The molecule has 2 N–H and O–H groups in total. The van der Waals surface area contributed by atoms with Gasteiger partial charge in [0.05, 0.1) is 0 Å². The lowest BCUT2D eigenvalue weighted by molar-refractivity contribution is -0.379. The Labute approximate surface area is 101 Å². The van der Waals surface area contributed by atoms with Crippen LogP contribution in [-0.4, -0.2) is 16.6 Å². The first-order valence-electron chi connectivity index (χ1n) is 4.56. The van der Waals surface area contributed by atoms with Gasteiger partial charge in [-0.2, -0.15) is 0 Å². The molecule has 0 atom stereocenters. The van der Waals surface area contributed by atoms with Crippen LogP contribution in [0.5, 0.6) is 0 Å². The molecule has 0 radical (unpaired) electrons. The largest absolute Gasteiger partial charge is 1.00 e. The number of benzene rings is 1. The van der Waals surface area contributed by atoms with E-state index in [1.54, 1.807) is 24.3 Å². The molecule has 0 unspecified atom stereocenters. The zero-order chi connectivity index (χ0) is 10.4. The standard InChI is InChI=1S/C11H6N2O2.BrH/c14-10-6-3-1-2-4-7(6)11(15)9-8(10)12-5-13-9;/h1-5H,(H,12,13);1H. The van der Waals surface area contributed by atoms with Gasteiger partial charge in [0, 0.05) is 11.1 Å². The summed E-state index contributed by atoms with van der Waals surface area (Å²) < 4.78 is 0. The van der Waals surface area contributed by atoms with Gasteiger partial charge in [0.25, 0.3) is 0 Å². The summed E-state index contributed by atoms with van der Waals surface area (Å²) in [4.78, 5) is 29.3. The Morgan fingerprint density at radius 1 is 1.00 bits per heavy atom. The van der Waals surface area contributed by atoms with Crippen molar-refractivity contribution in [2.45, 2.75) is 0 Å². The van der Waals surface area contributed by atoms with Crippen molar-refractivity contribution < 1.29 is 31.6 Å². The van der Waals surface area contributed by atoms with Gasteiger partial charge in [0.15, 0.2) is 0 Å². The minimum absolute atomic E-state index is 0. The molecular formula is C11H7BrN2O2. The molecule has 16 heavy (non-hydrogen) atoms. The predicted octanol–water partition coefficient (Wildman–Crippen LogP) is -2.39. The molecule has 0 aliphatic heterocycles. The molecule has 0 saturated carbocycles. The van der Waals surface area contributed by atoms with Crippen molar-refractivity contribution in [1.82, 2.24) is 4.98 Å². The average molecular weight is 279 g/mol. The second kappa shape index (κ2) is 3.68. The van der Waals surface area contributed by atoms with Crippen molar-refractivity contribution >= 4 is 11.6 Å². The predicted molar refractivity (Wildman–Crippen MR) is 50.7 cm³/mol. The molecule has 0 amide bonds. The van der Waals surface area contributed by atoms with Crippen LogP contribution in [0, 0.1) is 0 Å². The number of aromatic nitrogens is 2. The molecule has 0 saturated heterocycles. The minimum atomic E-state index is -0.138. The van der Waals surface area contributed by atoms with E-state index >= 15 is 0 Å². The number of aromatic amines is 2. The highest BCUT2D eigenvalue weighted by molar-refractivity contribution is 6.26. The lowest BCUT2D eigenvalue weighted by atomic mass is 9.90. The first-order valence-corrected chi connectivity index (χ1v) is 4.56. The van der Waals surface area contributed by atoms with Crippen LogP contribution in [0.15, 0.2) is 30.6 Å². The van der Waals surface area contributed by atoms with Gasteiger partial charge in [-0.25, -0.2) is 9.97 Å². The molecule has 0 spiro atoms. The Hall–Kier alpha value is -1.75. The van der Waals surface area contributed by atoms with Crippen LogP contribution in [-0.2, 0) is 0 Å². The first kappa shape index (κ1) is 10.8. The molecule has 3 rings (SSSR count). The van der Waals surface area contributed by atoms with E-state index in [1.807, 2.05) is 0 Å². The fraction of sp³-hybridized carbons (Fsp3) is 0. The number of carbonyl (C=O) groups is 2. The van der Waals surface area contributed by atoms with E-state index in [1.165, 1.54) is 6.33 Å². The number of H-pyrrole nitrogens is 2. The average Bonchev–Trinajstić information content (AvgIpc) is 2.75. The smallest absolute Gasteiger partial charge is 0.240 e. The van der Waals surface area contributed by atoms with Gasteiger partial charge in [0.2, 0.25) is 29.3 Å². The number of carbonyl (C=O) groups excluding carboxylic acids is 2. The number of fused-ring (bicyclic) bond motifs is 2. The molecule has 2 aromatic rings. The van der Waals surface area contributed by atoms with E-state index in [9.17, 15) is 9.59 Å². The van der Waals surface area contributed by atoms with Crippen molar-refractivity contribution in [3.05, 3.63) is 53.1 Å². The van der Waals surface area contributed by atoms with E-state index in [0.717, 1.165) is 0 Å². The fourth-order valence-electron chi connectivity index (χ4n) is 1.83. The van der Waals surface area contributed by atoms with Crippen molar-refractivity contribution in [2.24, 2.45) is 0 Å². The third-order valence-corrected chi connectivity index (χ3v) is 2.55. The summed E-state index contributed by atoms with van der Waals surface area (Å²) in [5, 5.41) is 0. The highest BCUT2D eigenvalue weighted by Gasteiger charge is 2.35. The topological polar surface area (TPSA) is 64.1 Å². The number of ketones is 2. The summed E-state index contributed by atoms with van der Waals surface area (Å²) in [6.07, 6.45) is 1.49. The van der Waals surface area contributed by atoms with Gasteiger partial charge >= 0.3 is 0 Å². The van der Waals surface area contributed by atoms with Crippen LogP contribution in [0.4, 0.5) is 0 Å². The second-order valence-corrected chi connectivity index (χ2v) is 3.39.